The Balaban J connectivity index is 2.40. The van der Waals surface area contributed by atoms with Gasteiger partial charge in [-0.2, -0.15) is 4.31 Å². The summed E-state index contributed by atoms with van der Waals surface area (Å²) in [5.74, 6) is -2.60. The van der Waals surface area contributed by atoms with Crippen LogP contribution in [0.3, 0.4) is 0 Å². The fourth-order valence-corrected chi connectivity index (χ4v) is 4.30. The lowest BCUT2D eigenvalue weighted by Crippen LogP contribution is -2.30. The van der Waals surface area contributed by atoms with Crippen molar-refractivity contribution in [1.82, 2.24) is 4.31 Å². The lowest BCUT2D eigenvalue weighted by atomic mass is 9.99. The van der Waals surface area contributed by atoms with Crippen molar-refractivity contribution in [3.05, 3.63) is 23.8 Å². The van der Waals surface area contributed by atoms with Crippen molar-refractivity contribution < 1.29 is 32.6 Å². The summed E-state index contributed by atoms with van der Waals surface area (Å²) in [4.78, 5) is 22.9. The summed E-state index contributed by atoms with van der Waals surface area (Å²) in [5.41, 5.74) is -0.0110. The van der Waals surface area contributed by atoms with E-state index < -0.39 is 27.9 Å². The number of nitrogens with zero attached hydrogens (tertiary/aromatic N) is 1. The number of sulfonamides is 1. The minimum absolute atomic E-state index is 0.0110. The highest BCUT2D eigenvalue weighted by atomic mass is 32.2. The van der Waals surface area contributed by atoms with Gasteiger partial charge in [-0.1, -0.05) is 6.92 Å². The summed E-state index contributed by atoms with van der Waals surface area (Å²) in [6.45, 7) is 1.71. The van der Waals surface area contributed by atoms with E-state index in [0.29, 0.717) is 0 Å². The molecule has 1 aliphatic heterocycles. The molecule has 0 saturated carbocycles. The molecule has 24 heavy (non-hydrogen) atoms. The molecule has 1 aromatic carbocycles. The molecule has 1 fully saturated rings. The van der Waals surface area contributed by atoms with E-state index in [-0.39, 0.29) is 35.2 Å². The Labute approximate surface area is 140 Å². The van der Waals surface area contributed by atoms with Crippen molar-refractivity contribution in [2.24, 2.45) is 11.8 Å². The van der Waals surface area contributed by atoms with E-state index in [0.717, 1.165) is 4.31 Å². The first-order valence-corrected chi connectivity index (χ1v) is 8.65. The first-order chi connectivity index (χ1) is 11.2. The second-order valence-electron chi connectivity index (χ2n) is 5.60. The number of ether oxygens (including phenoxy) is 2. The summed E-state index contributed by atoms with van der Waals surface area (Å²) >= 11 is 0. The molecule has 0 unspecified atom stereocenters. The number of hydrogen-bond donors (Lipinski definition) is 1. The molecular weight excluding hydrogens is 338 g/mol. The first-order valence-electron chi connectivity index (χ1n) is 7.21. The second-order valence-corrected chi connectivity index (χ2v) is 7.54. The average Bonchev–Trinajstić information content (AvgIpc) is 2.96. The molecule has 0 bridgehead atoms. The van der Waals surface area contributed by atoms with E-state index in [1.807, 2.05) is 0 Å². The van der Waals surface area contributed by atoms with Crippen LogP contribution in [-0.2, 0) is 19.6 Å². The van der Waals surface area contributed by atoms with Crippen molar-refractivity contribution in [2.75, 3.05) is 27.3 Å². The summed E-state index contributed by atoms with van der Waals surface area (Å²) in [6.07, 6.45) is 0. The highest BCUT2D eigenvalue weighted by Crippen LogP contribution is 2.30. The maximum atomic E-state index is 12.8. The van der Waals surface area contributed by atoms with Gasteiger partial charge in [0.2, 0.25) is 10.0 Å². The minimum Gasteiger partial charge on any atom is -0.496 e. The van der Waals surface area contributed by atoms with Crippen LogP contribution in [0.15, 0.2) is 23.1 Å². The van der Waals surface area contributed by atoms with Crippen LogP contribution in [0.4, 0.5) is 0 Å². The second kappa shape index (κ2) is 6.78. The standard InChI is InChI=1S/C15H19NO7S/c1-9-7-16(8-12(9)14(17)18)24(20,21)10-4-5-13(22-2)11(6-10)15(19)23-3/h4-6,9,12H,7-8H2,1-3H3,(H,17,18)/t9-,12-/m1/s1. The lowest BCUT2D eigenvalue weighted by Gasteiger charge is -2.17. The Kier molecular flexibility index (Phi) is 5.14. The molecule has 2 atom stereocenters. The molecule has 132 valence electrons. The molecule has 1 heterocycles. The first kappa shape index (κ1) is 18.2. The van der Waals surface area contributed by atoms with E-state index in [9.17, 15) is 18.0 Å². The van der Waals surface area contributed by atoms with Crippen molar-refractivity contribution in [3.63, 3.8) is 0 Å². The van der Waals surface area contributed by atoms with Gasteiger partial charge in [0.15, 0.2) is 0 Å². The Bertz CT molecular complexity index is 759. The molecule has 1 N–H and O–H groups in total. The van der Waals surface area contributed by atoms with Gasteiger partial charge in [0.25, 0.3) is 0 Å². The zero-order valence-corrected chi connectivity index (χ0v) is 14.4. The number of esters is 1. The maximum Gasteiger partial charge on any atom is 0.341 e. The van der Waals surface area contributed by atoms with Crippen LogP contribution < -0.4 is 4.74 Å². The van der Waals surface area contributed by atoms with Crippen LogP contribution in [0.2, 0.25) is 0 Å². The third-order valence-corrected chi connectivity index (χ3v) is 5.94. The summed E-state index contributed by atoms with van der Waals surface area (Å²) in [6, 6.07) is 3.87. The Morgan fingerprint density at radius 3 is 2.42 bits per heavy atom. The number of rotatable bonds is 5. The molecule has 0 aliphatic carbocycles. The third-order valence-electron chi connectivity index (χ3n) is 4.11. The summed E-state index contributed by atoms with van der Waals surface area (Å²) < 4.78 is 36.3. The van der Waals surface area contributed by atoms with E-state index in [1.165, 1.54) is 32.4 Å². The smallest absolute Gasteiger partial charge is 0.341 e. The highest BCUT2D eigenvalue weighted by Gasteiger charge is 2.41. The molecule has 0 amide bonds. The van der Waals surface area contributed by atoms with Gasteiger partial charge in [-0.05, 0) is 24.1 Å². The van der Waals surface area contributed by atoms with E-state index in [2.05, 4.69) is 4.74 Å². The normalized spacial score (nSPS) is 21.5. The van der Waals surface area contributed by atoms with Gasteiger partial charge in [-0.25, -0.2) is 13.2 Å². The molecule has 0 spiro atoms. The number of carboxylic acids is 1. The quantitative estimate of drug-likeness (QED) is 0.777. The van der Waals surface area contributed by atoms with Gasteiger partial charge < -0.3 is 14.6 Å². The van der Waals surface area contributed by atoms with Gasteiger partial charge in [0, 0.05) is 13.1 Å². The predicted molar refractivity (Wildman–Crippen MR) is 83.4 cm³/mol. The van der Waals surface area contributed by atoms with Crippen LogP contribution in [0.25, 0.3) is 0 Å². The Morgan fingerprint density at radius 1 is 1.25 bits per heavy atom. The molecule has 1 aromatic rings. The van der Waals surface area contributed by atoms with Crippen molar-refractivity contribution >= 4 is 22.0 Å². The molecule has 9 heteroatoms. The van der Waals surface area contributed by atoms with Crippen LogP contribution in [0.1, 0.15) is 17.3 Å². The monoisotopic (exact) mass is 357 g/mol. The predicted octanol–water partition coefficient (Wildman–Crippen LogP) is 0.823. The highest BCUT2D eigenvalue weighted by molar-refractivity contribution is 7.89. The zero-order chi connectivity index (χ0) is 18.1. The average molecular weight is 357 g/mol. The molecule has 8 nitrogen and oxygen atoms in total. The molecule has 1 saturated heterocycles. The summed E-state index contributed by atoms with van der Waals surface area (Å²) in [7, 11) is -1.38. The minimum atomic E-state index is -3.92. The molecule has 1 aliphatic rings. The van der Waals surface area contributed by atoms with Crippen LogP contribution in [-0.4, -0.2) is 57.1 Å². The number of carbonyl (C=O) groups excluding carboxylic acids is 1. The zero-order valence-electron chi connectivity index (χ0n) is 13.6. The van der Waals surface area contributed by atoms with Gasteiger partial charge in [0.05, 0.1) is 25.0 Å². The Morgan fingerprint density at radius 2 is 1.92 bits per heavy atom. The SMILES string of the molecule is COC(=O)c1cc(S(=O)(=O)N2C[C@@H](C)[C@H](C(=O)O)C2)ccc1OC. The third kappa shape index (κ3) is 3.22. The van der Waals surface area contributed by atoms with Gasteiger partial charge in [-0.3, -0.25) is 4.79 Å². The topological polar surface area (TPSA) is 110 Å². The number of carbonyl (C=O) groups is 2. The Hall–Kier alpha value is -2.13. The van der Waals surface area contributed by atoms with Gasteiger partial charge in [-0.15, -0.1) is 0 Å². The maximum absolute atomic E-state index is 12.8. The number of hydrogen-bond acceptors (Lipinski definition) is 6. The van der Waals surface area contributed by atoms with Crippen molar-refractivity contribution in [3.8, 4) is 5.75 Å². The van der Waals surface area contributed by atoms with Gasteiger partial charge in [0.1, 0.15) is 11.3 Å². The summed E-state index contributed by atoms with van der Waals surface area (Å²) in [5, 5.41) is 9.16. The fraction of sp³-hybridized carbons (Fsp3) is 0.467. The molecule has 0 aromatic heterocycles. The molecule has 0 radical (unpaired) electrons. The number of carboxylic acid groups (broad SMARTS) is 1. The largest absolute Gasteiger partial charge is 0.496 e. The van der Waals surface area contributed by atoms with Crippen LogP contribution >= 0.6 is 0 Å². The van der Waals surface area contributed by atoms with Crippen LogP contribution in [0.5, 0.6) is 5.75 Å². The number of aliphatic carboxylic acids is 1. The van der Waals surface area contributed by atoms with Crippen molar-refractivity contribution in [1.29, 1.82) is 0 Å². The molecular formula is C15H19NO7S. The lowest BCUT2D eigenvalue weighted by molar-refractivity contribution is -0.142. The van der Waals surface area contributed by atoms with E-state index in [1.54, 1.807) is 6.92 Å². The fourth-order valence-electron chi connectivity index (χ4n) is 2.71. The van der Waals surface area contributed by atoms with Gasteiger partial charge >= 0.3 is 11.9 Å². The van der Waals surface area contributed by atoms with Crippen LogP contribution in [0, 0.1) is 11.8 Å². The number of benzene rings is 1. The molecule has 2 rings (SSSR count). The van der Waals surface area contributed by atoms with E-state index >= 15 is 0 Å². The number of methoxy groups -OCH3 is 2. The van der Waals surface area contributed by atoms with E-state index in [4.69, 9.17) is 9.84 Å². The van der Waals surface area contributed by atoms with Crippen molar-refractivity contribution in [2.45, 2.75) is 11.8 Å².